The molecule has 2 rings (SSSR count). The smallest absolute Gasteiger partial charge is 0.269 e. The zero-order valence-electron chi connectivity index (χ0n) is 13.8. The predicted molar refractivity (Wildman–Crippen MR) is 90.7 cm³/mol. The second-order valence-corrected chi connectivity index (χ2v) is 5.53. The van der Waals surface area contributed by atoms with Gasteiger partial charge in [-0.25, -0.2) is 0 Å². The molecule has 24 heavy (non-hydrogen) atoms. The molecule has 0 radical (unpaired) electrons. The summed E-state index contributed by atoms with van der Waals surface area (Å²) in [6.07, 6.45) is 2.69. The van der Waals surface area contributed by atoms with Gasteiger partial charge in [-0.15, -0.1) is 0 Å². The number of non-ortho nitro benzene ring substituents is 1. The van der Waals surface area contributed by atoms with E-state index >= 15 is 0 Å². The Hall–Kier alpha value is -2.83. The Morgan fingerprint density at radius 2 is 2.04 bits per heavy atom. The molecule has 1 amide bonds. The van der Waals surface area contributed by atoms with Crippen molar-refractivity contribution < 1.29 is 14.1 Å². The van der Waals surface area contributed by atoms with Gasteiger partial charge >= 0.3 is 0 Å². The molecule has 1 aromatic heterocycles. The number of hydrogen-bond donors (Lipinski definition) is 1. The van der Waals surface area contributed by atoms with Crippen molar-refractivity contribution in [2.45, 2.75) is 25.8 Å². The van der Waals surface area contributed by atoms with Crippen LogP contribution in [0, 0.1) is 10.1 Å². The molecule has 0 spiro atoms. The van der Waals surface area contributed by atoms with Gasteiger partial charge in [0, 0.05) is 37.8 Å². The fourth-order valence-electron chi connectivity index (χ4n) is 2.29. The van der Waals surface area contributed by atoms with Gasteiger partial charge in [-0.3, -0.25) is 14.9 Å². The van der Waals surface area contributed by atoms with Gasteiger partial charge in [-0.2, -0.15) is 0 Å². The molecule has 0 saturated heterocycles. The predicted octanol–water partition coefficient (Wildman–Crippen LogP) is 3.60. The largest absolute Gasteiger partial charge is 0.467 e. The van der Waals surface area contributed by atoms with Gasteiger partial charge in [0.15, 0.2) is 0 Å². The summed E-state index contributed by atoms with van der Waals surface area (Å²) < 4.78 is 5.32. The minimum absolute atomic E-state index is 0.0457. The Labute approximate surface area is 140 Å². The molecule has 1 unspecified atom stereocenters. The van der Waals surface area contributed by atoms with E-state index in [-0.39, 0.29) is 17.6 Å². The molecule has 0 aliphatic heterocycles. The molecule has 7 heteroatoms. The summed E-state index contributed by atoms with van der Waals surface area (Å²) in [4.78, 5) is 24.0. The molecular formula is C17H21N3O4. The molecule has 0 bridgehead atoms. The number of hydrogen-bond acceptors (Lipinski definition) is 5. The van der Waals surface area contributed by atoms with Gasteiger partial charge in [0.25, 0.3) is 5.69 Å². The maximum Gasteiger partial charge on any atom is 0.269 e. The van der Waals surface area contributed by atoms with Crippen LogP contribution in [0.25, 0.3) is 0 Å². The number of nitro benzene ring substituents is 1. The fourth-order valence-corrected chi connectivity index (χ4v) is 2.29. The first-order valence-corrected chi connectivity index (χ1v) is 7.76. The Balaban J connectivity index is 1.73. The van der Waals surface area contributed by atoms with Crippen molar-refractivity contribution in [2.24, 2.45) is 0 Å². The fraction of sp³-hybridized carbons (Fsp3) is 0.353. The molecule has 128 valence electrons. The molecule has 1 aromatic carbocycles. The highest BCUT2D eigenvalue weighted by molar-refractivity contribution is 5.76. The summed E-state index contributed by atoms with van der Waals surface area (Å²) in [5, 5.41) is 13.7. The molecule has 2 aromatic rings. The van der Waals surface area contributed by atoms with Crippen LogP contribution < -0.4 is 5.32 Å². The number of anilines is 1. The van der Waals surface area contributed by atoms with E-state index in [2.05, 4.69) is 5.32 Å². The summed E-state index contributed by atoms with van der Waals surface area (Å²) in [5.41, 5.74) is 0.856. The SMILES string of the molecule is CC(c1ccco1)N(C)C(=O)CCCNc1ccc([N+](=O)[O-])cc1. The minimum atomic E-state index is -0.432. The molecule has 0 fully saturated rings. The first-order chi connectivity index (χ1) is 11.5. The summed E-state index contributed by atoms with van der Waals surface area (Å²) in [7, 11) is 1.76. The number of nitrogens with one attached hydrogen (secondary N) is 1. The molecule has 7 nitrogen and oxygen atoms in total. The zero-order chi connectivity index (χ0) is 17.5. The molecule has 1 heterocycles. The van der Waals surface area contributed by atoms with E-state index in [4.69, 9.17) is 4.42 Å². The number of nitrogens with zero attached hydrogens (tertiary/aromatic N) is 2. The van der Waals surface area contributed by atoms with Gasteiger partial charge < -0.3 is 14.6 Å². The third-order valence-electron chi connectivity index (χ3n) is 3.90. The van der Waals surface area contributed by atoms with Crippen molar-refractivity contribution in [3.63, 3.8) is 0 Å². The average Bonchev–Trinajstić information content (AvgIpc) is 3.12. The minimum Gasteiger partial charge on any atom is -0.467 e. The number of benzene rings is 1. The first-order valence-electron chi connectivity index (χ1n) is 7.76. The number of furan rings is 1. The lowest BCUT2D eigenvalue weighted by Crippen LogP contribution is -2.29. The van der Waals surface area contributed by atoms with Crippen LogP contribution in [0.15, 0.2) is 47.1 Å². The highest BCUT2D eigenvalue weighted by Gasteiger charge is 2.18. The van der Waals surface area contributed by atoms with E-state index < -0.39 is 4.92 Å². The van der Waals surface area contributed by atoms with Crippen molar-refractivity contribution in [3.8, 4) is 0 Å². The molecule has 1 N–H and O–H groups in total. The van der Waals surface area contributed by atoms with Crippen LogP contribution >= 0.6 is 0 Å². The van der Waals surface area contributed by atoms with E-state index in [1.165, 1.54) is 12.1 Å². The number of amides is 1. The molecule has 0 aliphatic carbocycles. The van der Waals surface area contributed by atoms with Crippen molar-refractivity contribution in [1.29, 1.82) is 0 Å². The van der Waals surface area contributed by atoms with Gasteiger partial charge in [-0.1, -0.05) is 0 Å². The third kappa shape index (κ3) is 4.58. The molecular weight excluding hydrogens is 310 g/mol. The van der Waals surface area contributed by atoms with Crippen LogP contribution in [0.4, 0.5) is 11.4 Å². The molecule has 0 aliphatic rings. The van der Waals surface area contributed by atoms with Crippen molar-refractivity contribution in [3.05, 3.63) is 58.5 Å². The van der Waals surface area contributed by atoms with Crippen molar-refractivity contribution in [2.75, 3.05) is 18.9 Å². The van der Waals surface area contributed by atoms with E-state index in [0.29, 0.717) is 19.4 Å². The summed E-state index contributed by atoms with van der Waals surface area (Å²) in [6, 6.07) is 9.77. The number of carbonyl (C=O) groups is 1. The van der Waals surface area contributed by atoms with E-state index in [1.807, 2.05) is 13.0 Å². The average molecular weight is 331 g/mol. The van der Waals surface area contributed by atoms with Crippen LogP contribution in [-0.4, -0.2) is 29.3 Å². The van der Waals surface area contributed by atoms with E-state index in [0.717, 1.165) is 11.4 Å². The Morgan fingerprint density at radius 3 is 2.62 bits per heavy atom. The lowest BCUT2D eigenvalue weighted by Gasteiger charge is -2.23. The Morgan fingerprint density at radius 1 is 1.33 bits per heavy atom. The normalized spacial score (nSPS) is 11.8. The van der Waals surface area contributed by atoms with Gasteiger partial charge in [0.2, 0.25) is 5.91 Å². The van der Waals surface area contributed by atoms with Crippen LogP contribution in [-0.2, 0) is 4.79 Å². The second kappa shape index (κ2) is 8.14. The van der Waals surface area contributed by atoms with Crippen LogP contribution in [0.2, 0.25) is 0 Å². The Kier molecular flexibility index (Phi) is 5.95. The van der Waals surface area contributed by atoms with Crippen LogP contribution in [0.3, 0.4) is 0 Å². The maximum absolute atomic E-state index is 12.2. The van der Waals surface area contributed by atoms with Crippen molar-refractivity contribution in [1.82, 2.24) is 4.90 Å². The number of carbonyl (C=O) groups excluding carboxylic acids is 1. The standard InChI is InChI=1S/C17H21N3O4/c1-13(16-5-4-12-24-16)19(2)17(21)6-3-11-18-14-7-9-15(10-8-14)20(22)23/h4-5,7-10,12-13,18H,3,6,11H2,1-2H3. The summed E-state index contributed by atoms with van der Waals surface area (Å²) >= 11 is 0. The quantitative estimate of drug-likeness (QED) is 0.453. The maximum atomic E-state index is 12.2. The molecule has 0 saturated carbocycles. The van der Waals surface area contributed by atoms with Gasteiger partial charge in [0.1, 0.15) is 5.76 Å². The van der Waals surface area contributed by atoms with E-state index in [9.17, 15) is 14.9 Å². The number of nitro groups is 1. The highest BCUT2D eigenvalue weighted by Crippen LogP contribution is 2.20. The number of rotatable bonds is 8. The van der Waals surface area contributed by atoms with E-state index in [1.54, 1.807) is 36.4 Å². The van der Waals surface area contributed by atoms with Crippen LogP contribution in [0.5, 0.6) is 0 Å². The van der Waals surface area contributed by atoms with Crippen LogP contribution in [0.1, 0.15) is 31.6 Å². The Bertz CT molecular complexity index is 668. The van der Waals surface area contributed by atoms with Gasteiger partial charge in [0.05, 0.1) is 17.2 Å². The zero-order valence-corrected chi connectivity index (χ0v) is 13.8. The van der Waals surface area contributed by atoms with Gasteiger partial charge in [-0.05, 0) is 37.6 Å². The molecule has 1 atom stereocenters. The monoisotopic (exact) mass is 331 g/mol. The first kappa shape index (κ1) is 17.5. The summed E-state index contributed by atoms with van der Waals surface area (Å²) in [5.74, 6) is 0.805. The van der Waals surface area contributed by atoms with Crippen molar-refractivity contribution >= 4 is 17.3 Å². The lowest BCUT2D eigenvalue weighted by atomic mass is 10.2. The second-order valence-electron chi connectivity index (χ2n) is 5.53. The topological polar surface area (TPSA) is 88.6 Å². The lowest BCUT2D eigenvalue weighted by molar-refractivity contribution is -0.384. The summed E-state index contributed by atoms with van der Waals surface area (Å²) in [6.45, 7) is 2.54. The highest BCUT2D eigenvalue weighted by atomic mass is 16.6. The third-order valence-corrected chi connectivity index (χ3v) is 3.90.